The van der Waals surface area contributed by atoms with Gasteiger partial charge >= 0.3 is 0 Å². The molecule has 0 radical (unpaired) electrons. The largest absolute Gasteiger partial charge is 0.493 e. The van der Waals surface area contributed by atoms with E-state index < -0.39 is 0 Å². The van der Waals surface area contributed by atoms with Crippen LogP contribution in [0.5, 0.6) is 11.5 Å². The summed E-state index contributed by atoms with van der Waals surface area (Å²) < 4.78 is 11.2. The van der Waals surface area contributed by atoms with Gasteiger partial charge in [0.15, 0.2) is 11.5 Å². The fraction of sp³-hybridized carbons (Fsp3) is 0.348. The summed E-state index contributed by atoms with van der Waals surface area (Å²) in [5.74, 6) is 0.491. The zero-order valence-corrected chi connectivity index (χ0v) is 19.6. The molecular weight excluding hydrogens is 453 g/mol. The van der Waals surface area contributed by atoms with E-state index in [1.165, 1.54) is 12.3 Å². The number of amides is 2. The standard InChI is InChI=1S/C23H27Cl2N3O4/c1-3-4-5-13-32-22-17(7-6-8-20(22)31-2)15-27-28-21(29)11-12-26-23(30)16-9-10-18(24)19(25)14-16/h6-10,14-15H,3-5,11-13H2,1-2H3,(H,26,30)(H,28,29). The minimum atomic E-state index is -0.346. The summed E-state index contributed by atoms with van der Waals surface area (Å²) in [5.41, 5.74) is 3.50. The highest BCUT2D eigenvalue weighted by atomic mass is 35.5. The molecule has 7 nitrogen and oxygen atoms in total. The van der Waals surface area contributed by atoms with Crippen LogP contribution in [0.25, 0.3) is 0 Å². The van der Waals surface area contributed by atoms with Gasteiger partial charge in [-0.15, -0.1) is 0 Å². The number of ether oxygens (including phenoxy) is 2. The molecule has 2 aromatic carbocycles. The Kier molecular flexibility index (Phi) is 10.8. The average molecular weight is 480 g/mol. The number of hydrogen-bond donors (Lipinski definition) is 2. The number of halogens is 2. The zero-order valence-electron chi connectivity index (χ0n) is 18.1. The van der Waals surface area contributed by atoms with Crippen LogP contribution in [0.3, 0.4) is 0 Å². The molecule has 0 bridgehead atoms. The maximum atomic E-state index is 12.1. The van der Waals surface area contributed by atoms with Crippen molar-refractivity contribution in [1.82, 2.24) is 10.7 Å². The van der Waals surface area contributed by atoms with E-state index in [2.05, 4.69) is 22.8 Å². The lowest BCUT2D eigenvalue weighted by molar-refractivity contribution is -0.120. The van der Waals surface area contributed by atoms with Gasteiger partial charge in [-0.1, -0.05) is 49.0 Å². The predicted molar refractivity (Wildman–Crippen MR) is 127 cm³/mol. The Morgan fingerprint density at radius 1 is 1.12 bits per heavy atom. The van der Waals surface area contributed by atoms with Gasteiger partial charge in [-0.3, -0.25) is 9.59 Å². The van der Waals surface area contributed by atoms with E-state index >= 15 is 0 Å². The summed E-state index contributed by atoms with van der Waals surface area (Å²) in [5, 5.41) is 7.30. The van der Waals surface area contributed by atoms with Gasteiger partial charge in [0.25, 0.3) is 5.91 Å². The normalized spacial score (nSPS) is 10.8. The number of rotatable bonds is 12. The topological polar surface area (TPSA) is 89.0 Å². The number of hydrazone groups is 1. The summed E-state index contributed by atoms with van der Waals surface area (Å²) in [6, 6.07) is 10.0. The summed E-state index contributed by atoms with van der Waals surface area (Å²) in [6.45, 7) is 2.84. The van der Waals surface area contributed by atoms with Crippen molar-refractivity contribution in [2.75, 3.05) is 20.3 Å². The van der Waals surface area contributed by atoms with Gasteiger partial charge in [-0.05, 0) is 36.8 Å². The predicted octanol–water partition coefficient (Wildman–Crippen LogP) is 4.84. The Labute approximate surface area is 198 Å². The Morgan fingerprint density at radius 2 is 1.94 bits per heavy atom. The number of carbonyl (C=O) groups is 2. The van der Waals surface area contributed by atoms with Gasteiger partial charge in [0.1, 0.15) is 0 Å². The second kappa shape index (κ2) is 13.6. The van der Waals surface area contributed by atoms with Gasteiger partial charge < -0.3 is 14.8 Å². The molecule has 2 N–H and O–H groups in total. The molecule has 0 saturated carbocycles. The van der Waals surface area contributed by atoms with Crippen LogP contribution in [-0.4, -0.2) is 38.3 Å². The smallest absolute Gasteiger partial charge is 0.251 e. The van der Waals surface area contributed by atoms with Crippen molar-refractivity contribution < 1.29 is 19.1 Å². The molecule has 0 heterocycles. The SMILES string of the molecule is CCCCCOc1c(C=NNC(=O)CCNC(=O)c2ccc(Cl)c(Cl)c2)cccc1OC. The minimum absolute atomic E-state index is 0.0584. The van der Waals surface area contributed by atoms with E-state index in [-0.39, 0.29) is 29.8 Å². The van der Waals surface area contributed by atoms with Crippen LogP contribution in [-0.2, 0) is 4.79 Å². The number of carbonyl (C=O) groups excluding carboxylic acids is 2. The fourth-order valence-corrected chi connectivity index (χ4v) is 3.03. The summed E-state index contributed by atoms with van der Waals surface area (Å²) in [6.07, 6.45) is 4.68. The number of nitrogens with one attached hydrogen (secondary N) is 2. The van der Waals surface area contributed by atoms with Crippen molar-refractivity contribution in [2.45, 2.75) is 32.6 Å². The maximum absolute atomic E-state index is 12.1. The Hall–Kier alpha value is -2.77. The van der Waals surface area contributed by atoms with Crippen molar-refractivity contribution in [2.24, 2.45) is 5.10 Å². The molecule has 0 aliphatic rings. The molecule has 2 aromatic rings. The molecule has 0 aliphatic heterocycles. The lowest BCUT2D eigenvalue weighted by Gasteiger charge is -2.13. The van der Waals surface area contributed by atoms with E-state index in [1.807, 2.05) is 18.2 Å². The van der Waals surface area contributed by atoms with Gasteiger partial charge in [-0.2, -0.15) is 5.10 Å². The third-order valence-corrected chi connectivity index (χ3v) is 5.17. The molecule has 0 saturated heterocycles. The number of para-hydroxylation sites is 1. The van der Waals surface area contributed by atoms with Crippen LogP contribution in [0, 0.1) is 0 Å². The number of methoxy groups -OCH3 is 1. The van der Waals surface area contributed by atoms with Gasteiger partial charge in [0.2, 0.25) is 5.91 Å². The summed E-state index contributed by atoms with van der Waals surface area (Å²) >= 11 is 11.8. The highest BCUT2D eigenvalue weighted by Crippen LogP contribution is 2.30. The number of hydrogen-bond acceptors (Lipinski definition) is 5. The molecule has 2 amide bonds. The lowest BCUT2D eigenvalue weighted by Crippen LogP contribution is -2.29. The van der Waals surface area contributed by atoms with Crippen LogP contribution in [0.1, 0.15) is 48.5 Å². The summed E-state index contributed by atoms with van der Waals surface area (Å²) in [4.78, 5) is 24.1. The molecule has 0 spiro atoms. The number of unbranched alkanes of at least 4 members (excludes halogenated alkanes) is 2. The Balaban J connectivity index is 1.85. The van der Waals surface area contributed by atoms with Crippen molar-refractivity contribution in [3.05, 3.63) is 57.6 Å². The second-order valence-corrected chi connectivity index (χ2v) is 7.68. The van der Waals surface area contributed by atoms with Crippen molar-refractivity contribution in [3.63, 3.8) is 0 Å². The third-order valence-electron chi connectivity index (χ3n) is 4.44. The van der Waals surface area contributed by atoms with Crippen molar-refractivity contribution in [3.8, 4) is 11.5 Å². The number of nitrogens with zero attached hydrogens (tertiary/aromatic N) is 1. The summed E-state index contributed by atoms with van der Waals surface area (Å²) in [7, 11) is 1.57. The lowest BCUT2D eigenvalue weighted by atomic mass is 10.2. The highest BCUT2D eigenvalue weighted by molar-refractivity contribution is 6.42. The number of benzene rings is 2. The first-order chi connectivity index (χ1) is 15.5. The van der Waals surface area contributed by atoms with Gasteiger partial charge in [-0.25, -0.2) is 5.43 Å². The molecule has 32 heavy (non-hydrogen) atoms. The molecule has 9 heteroatoms. The zero-order chi connectivity index (χ0) is 23.3. The Bertz CT molecular complexity index is 951. The maximum Gasteiger partial charge on any atom is 0.251 e. The average Bonchev–Trinajstić information content (AvgIpc) is 2.79. The van der Waals surface area contributed by atoms with Crippen LogP contribution in [0.15, 0.2) is 41.5 Å². The van der Waals surface area contributed by atoms with Gasteiger partial charge in [0.05, 0.1) is 30.0 Å². The fourth-order valence-electron chi connectivity index (χ4n) is 2.73. The van der Waals surface area contributed by atoms with E-state index in [9.17, 15) is 9.59 Å². The molecule has 0 aliphatic carbocycles. The first-order valence-corrected chi connectivity index (χ1v) is 11.1. The van der Waals surface area contributed by atoms with Crippen LogP contribution < -0.4 is 20.2 Å². The second-order valence-electron chi connectivity index (χ2n) is 6.86. The van der Waals surface area contributed by atoms with E-state index in [1.54, 1.807) is 19.2 Å². The molecule has 0 unspecified atom stereocenters. The quantitative estimate of drug-likeness (QED) is 0.259. The molecular formula is C23H27Cl2N3O4. The van der Waals surface area contributed by atoms with Gasteiger partial charge in [0, 0.05) is 24.1 Å². The molecule has 2 rings (SSSR count). The van der Waals surface area contributed by atoms with Crippen LogP contribution >= 0.6 is 23.2 Å². The van der Waals surface area contributed by atoms with Crippen molar-refractivity contribution >= 4 is 41.2 Å². The first kappa shape index (κ1) is 25.5. The molecule has 0 fully saturated rings. The van der Waals surface area contributed by atoms with Crippen molar-refractivity contribution in [1.29, 1.82) is 0 Å². The molecule has 0 aromatic heterocycles. The van der Waals surface area contributed by atoms with E-state index in [4.69, 9.17) is 32.7 Å². The Morgan fingerprint density at radius 3 is 2.66 bits per heavy atom. The first-order valence-electron chi connectivity index (χ1n) is 10.3. The molecule has 0 atom stereocenters. The van der Waals surface area contributed by atoms with Crippen LogP contribution in [0.4, 0.5) is 0 Å². The van der Waals surface area contributed by atoms with E-state index in [0.717, 1.165) is 19.3 Å². The molecule has 172 valence electrons. The monoisotopic (exact) mass is 479 g/mol. The highest BCUT2D eigenvalue weighted by Gasteiger charge is 2.10. The minimum Gasteiger partial charge on any atom is -0.493 e. The van der Waals surface area contributed by atoms with E-state index in [0.29, 0.717) is 34.3 Å². The van der Waals surface area contributed by atoms with Crippen LogP contribution in [0.2, 0.25) is 10.0 Å². The third kappa shape index (κ3) is 8.05.